The fraction of sp³-hybridized carbons (Fsp3) is 0. The summed E-state index contributed by atoms with van der Waals surface area (Å²) in [6, 6.07) is 17.9. The van der Waals surface area contributed by atoms with Crippen molar-refractivity contribution in [1.82, 2.24) is 9.66 Å². The highest BCUT2D eigenvalue weighted by Crippen LogP contribution is 2.22. The van der Waals surface area contributed by atoms with E-state index in [0.717, 1.165) is 4.68 Å². The lowest BCUT2D eigenvalue weighted by molar-refractivity contribution is 0.103. The zero-order valence-electron chi connectivity index (χ0n) is 12.2. The van der Waals surface area contributed by atoms with Gasteiger partial charge in [0.25, 0.3) is 0 Å². The van der Waals surface area contributed by atoms with E-state index in [1.807, 2.05) is 24.3 Å². The van der Waals surface area contributed by atoms with Gasteiger partial charge >= 0.3 is 5.69 Å². The van der Waals surface area contributed by atoms with E-state index in [1.54, 1.807) is 36.4 Å². The molecule has 0 radical (unpaired) electrons. The Labute approximate surface area is 132 Å². The van der Waals surface area contributed by atoms with E-state index in [2.05, 4.69) is 16.8 Å². The Hall–Kier alpha value is -3.34. The van der Waals surface area contributed by atoms with Crippen LogP contribution in [-0.4, -0.2) is 22.2 Å². The van der Waals surface area contributed by atoms with Gasteiger partial charge in [-0.05, 0) is 0 Å². The van der Waals surface area contributed by atoms with Crippen molar-refractivity contribution in [2.75, 3.05) is 0 Å². The molecule has 1 aromatic heterocycles. The molecule has 23 heavy (non-hydrogen) atoms. The summed E-state index contributed by atoms with van der Waals surface area (Å²) in [6.07, 6.45) is 1.38. The van der Waals surface area contributed by atoms with Gasteiger partial charge in [0.1, 0.15) is 0 Å². The smallest absolute Gasteiger partial charge is 0.288 e. The summed E-state index contributed by atoms with van der Waals surface area (Å²) in [4.78, 5) is 28.8. The number of hydrogen-bond donors (Lipinski definition) is 0. The molecule has 112 valence electrons. The number of hydrogen-bond acceptors (Lipinski definition) is 4. The first-order chi connectivity index (χ1) is 11.2. The molecular weight excluding hydrogens is 290 g/mol. The summed E-state index contributed by atoms with van der Waals surface area (Å²) in [5, 5.41) is 3.58. The van der Waals surface area contributed by atoms with Crippen LogP contribution >= 0.6 is 0 Å². The van der Waals surface area contributed by atoms with E-state index in [1.165, 1.54) is 6.20 Å². The summed E-state index contributed by atoms with van der Waals surface area (Å²) in [5.74, 6) is -0.227. The predicted molar refractivity (Wildman–Crippen MR) is 88.8 cm³/mol. The molecule has 5 heteroatoms. The van der Waals surface area contributed by atoms with Gasteiger partial charge in [-0.15, -0.1) is 0 Å². The van der Waals surface area contributed by atoms with Gasteiger partial charge in [0.2, 0.25) is 0 Å². The van der Waals surface area contributed by atoms with E-state index in [-0.39, 0.29) is 5.78 Å². The van der Waals surface area contributed by atoms with Crippen molar-refractivity contribution in [2.24, 2.45) is 5.10 Å². The van der Waals surface area contributed by atoms with Crippen LogP contribution in [0.3, 0.4) is 0 Å². The van der Waals surface area contributed by atoms with Crippen molar-refractivity contribution < 1.29 is 4.79 Å². The molecule has 0 atom stereocenters. The van der Waals surface area contributed by atoms with E-state index in [4.69, 9.17) is 0 Å². The van der Waals surface area contributed by atoms with Crippen molar-refractivity contribution in [3.8, 4) is 11.3 Å². The fourth-order valence-corrected chi connectivity index (χ4v) is 2.27. The molecule has 0 aliphatic heterocycles. The van der Waals surface area contributed by atoms with Gasteiger partial charge in [-0.25, -0.2) is 4.79 Å². The highest BCUT2D eigenvalue weighted by Gasteiger charge is 2.18. The first-order valence-electron chi connectivity index (χ1n) is 6.96. The molecule has 2 aromatic carbocycles. The Bertz CT molecular complexity index is 916. The van der Waals surface area contributed by atoms with Gasteiger partial charge in [0.05, 0.1) is 11.3 Å². The third kappa shape index (κ3) is 2.85. The molecule has 1 heterocycles. The number of ketones is 1. The van der Waals surface area contributed by atoms with Crippen LogP contribution in [0.25, 0.3) is 11.3 Å². The molecule has 0 unspecified atom stereocenters. The standard InChI is InChI=1S/C18H13N3O2/c1-19-21-12-15(17(22)14-10-6-3-7-11-14)16(20-18(21)23)13-8-4-2-5-9-13/h2-12H,1H2. The van der Waals surface area contributed by atoms with Crippen molar-refractivity contribution >= 4 is 12.5 Å². The third-order valence-electron chi connectivity index (χ3n) is 3.39. The number of aromatic nitrogens is 2. The SMILES string of the molecule is C=Nn1cc(C(=O)c2ccccc2)c(-c2ccccc2)nc1=O. The lowest BCUT2D eigenvalue weighted by atomic mass is 9.99. The maximum absolute atomic E-state index is 12.8. The van der Waals surface area contributed by atoms with Crippen molar-refractivity contribution in [2.45, 2.75) is 0 Å². The molecule has 0 aliphatic carbocycles. The largest absolute Gasteiger partial charge is 0.368 e. The molecule has 0 N–H and O–H groups in total. The quantitative estimate of drug-likeness (QED) is 0.549. The van der Waals surface area contributed by atoms with Crippen molar-refractivity contribution in [3.05, 3.63) is 88.5 Å². The summed E-state index contributed by atoms with van der Waals surface area (Å²) in [5.41, 5.74) is 1.27. The summed E-state index contributed by atoms with van der Waals surface area (Å²) in [6.45, 7) is 3.33. The molecule has 0 bridgehead atoms. The van der Waals surface area contributed by atoms with Crippen LogP contribution in [0.4, 0.5) is 0 Å². The van der Waals surface area contributed by atoms with Gasteiger partial charge < -0.3 is 0 Å². The predicted octanol–water partition coefficient (Wildman–Crippen LogP) is 2.61. The molecule has 0 spiro atoms. The van der Waals surface area contributed by atoms with Crippen LogP contribution in [0.2, 0.25) is 0 Å². The van der Waals surface area contributed by atoms with E-state index >= 15 is 0 Å². The lowest BCUT2D eigenvalue weighted by Gasteiger charge is -2.09. The number of carbonyl (C=O) groups is 1. The van der Waals surface area contributed by atoms with Gasteiger partial charge in [0, 0.05) is 24.0 Å². The van der Waals surface area contributed by atoms with Crippen LogP contribution in [-0.2, 0) is 0 Å². The Morgan fingerprint density at radius 1 is 1.00 bits per heavy atom. The molecule has 3 aromatic rings. The highest BCUT2D eigenvalue weighted by atomic mass is 16.2. The number of rotatable bonds is 4. The second kappa shape index (κ2) is 6.19. The maximum atomic E-state index is 12.8. The summed E-state index contributed by atoms with van der Waals surface area (Å²) in [7, 11) is 0. The minimum Gasteiger partial charge on any atom is -0.288 e. The Kier molecular flexibility index (Phi) is 3.93. The molecule has 0 amide bonds. The monoisotopic (exact) mass is 303 g/mol. The van der Waals surface area contributed by atoms with Crippen molar-refractivity contribution in [3.63, 3.8) is 0 Å². The molecular formula is C18H13N3O2. The highest BCUT2D eigenvalue weighted by molar-refractivity contribution is 6.12. The normalized spacial score (nSPS) is 10.3. The first kappa shape index (κ1) is 14.6. The van der Waals surface area contributed by atoms with Gasteiger partial charge in [0.15, 0.2) is 5.78 Å². The molecule has 0 saturated carbocycles. The van der Waals surface area contributed by atoms with Crippen LogP contribution in [0.1, 0.15) is 15.9 Å². The van der Waals surface area contributed by atoms with Crippen LogP contribution in [0.15, 0.2) is 76.8 Å². The van der Waals surface area contributed by atoms with Gasteiger partial charge in [-0.2, -0.15) is 14.8 Å². The second-order valence-corrected chi connectivity index (χ2v) is 4.83. The molecule has 0 aliphatic rings. The number of benzene rings is 2. The first-order valence-corrected chi connectivity index (χ1v) is 6.96. The van der Waals surface area contributed by atoms with E-state index < -0.39 is 5.69 Å². The zero-order chi connectivity index (χ0) is 16.2. The Morgan fingerprint density at radius 2 is 1.61 bits per heavy atom. The Morgan fingerprint density at radius 3 is 2.22 bits per heavy atom. The van der Waals surface area contributed by atoms with E-state index in [0.29, 0.717) is 22.4 Å². The minimum absolute atomic E-state index is 0.227. The molecule has 0 saturated heterocycles. The Balaban J connectivity index is 2.24. The second-order valence-electron chi connectivity index (χ2n) is 4.83. The van der Waals surface area contributed by atoms with E-state index in [9.17, 15) is 9.59 Å². The average molecular weight is 303 g/mol. The van der Waals surface area contributed by atoms with Crippen LogP contribution in [0, 0.1) is 0 Å². The average Bonchev–Trinajstić information content (AvgIpc) is 2.62. The summed E-state index contributed by atoms with van der Waals surface area (Å²) >= 11 is 0. The lowest BCUT2D eigenvalue weighted by Crippen LogP contribution is -2.22. The summed E-state index contributed by atoms with van der Waals surface area (Å²) < 4.78 is 0.961. The number of carbonyl (C=O) groups excluding carboxylic acids is 1. The molecule has 0 fully saturated rings. The van der Waals surface area contributed by atoms with Crippen molar-refractivity contribution in [1.29, 1.82) is 0 Å². The minimum atomic E-state index is -0.580. The van der Waals surface area contributed by atoms with Crippen LogP contribution in [0.5, 0.6) is 0 Å². The number of nitrogens with zero attached hydrogens (tertiary/aromatic N) is 3. The van der Waals surface area contributed by atoms with Gasteiger partial charge in [-0.1, -0.05) is 60.7 Å². The topological polar surface area (TPSA) is 64.3 Å². The zero-order valence-corrected chi connectivity index (χ0v) is 12.2. The van der Waals surface area contributed by atoms with Gasteiger partial charge in [-0.3, -0.25) is 4.79 Å². The molecule has 3 rings (SSSR count). The fourth-order valence-electron chi connectivity index (χ4n) is 2.27. The third-order valence-corrected chi connectivity index (χ3v) is 3.39. The molecule has 5 nitrogen and oxygen atoms in total. The van der Waals surface area contributed by atoms with Crippen LogP contribution < -0.4 is 5.69 Å². The maximum Gasteiger partial charge on any atom is 0.368 e.